The monoisotopic (exact) mass is 310 g/mol. The molecule has 3 heteroatoms. The lowest BCUT2D eigenvalue weighted by molar-refractivity contribution is 0.560. The van der Waals surface area contributed by atoms with Crippen molar-refractivity contribution in [2.24, 2.45) is 0 Å². The first-order chi connectivity index (χ1) is 10.6. The number of aryl methyl sites for hydroxylation is 2. The van der Waals surface area contributed by atoms with Crippen molar-refractivity contribution in [3.8, 4) is 0 Å². The van der Waals surface area contributed by atoms with Crippen molar-refractivity contribution in [1.82, 2.24) is 10.3 Å². The molecular weight excluding hydrogens is 292 g/mol. The Bertz CT molecular complexity index is 846. The van der Waals surface area contributed by atoms with Crippen LogP contribution in [0.2, 0.25) is 5.02 Å². The number of benzene rings is 2. The molecule has 0 saturated heterocycles. The number of hydrogen-bond acceptors (Lipinski definition) is 1. The van der Waals surface area contributed by atoms with Crippen LogP contribution in [-0.2, 0) is 6.42 Å². The van der Waals surface area contributed by atoms with Crippen LogP contribution in [-0.4, -0.2) is 11.5 Å². The molecule has 0 amide bonds. The van der Waals surface area contributed by atoms with Gasteiger partial charge in [0.15, 0.2) is 0 Å². The van der Waals surface area contributed by atoms with Crippen molar-refractivity contribution in [1.29, 1.82) is 0 Å². The SMILES string of the molecule is Cc1cc(C)c2c3c([nH]c2c1)C(c1ccc(Cl)cc1)NCC3. The molecule has 0 spiro atoms. The third-order valence-electron chi connectivity index (χ3n) is 4.59. The summed E-state index contributed by atoms with van der Waals surface area (Å²) in [6.07, 6.45) is 1.07. The second kappa shape index (κ2) is 5.15. The number of aromatic amines is 1. The van der Waals surface area contributed by atoms with E-state index in [9.17, 15) is 0 Å². The molecule has 22 heavy (non-hydrogen) atoms. The van der Waals surface area contributed by atoms with Gasteiger partial charge in [-0.05, 0) is 60.7 Å². The molecule has 1 unspecified atom stereocenters. The molecule has 2 N–H and O–H groups in total. The quantitative estimate of drug-likeness (QED) is 0.671. The van der Waals surface area contributed by atoms with E-state index in [-0.39, 0.29) is 6.04 Å². The van der Waals surface area contributed by atoms with E-state index in [4.69, 9.17) is 11.6 Å². The van der Waals surface area contributed by atoms with Gasteiger partial charge in [0.2, 0.25) is 0 Å². The zero-order valence-corrected chi connectivity index (χ0v) is 13.6. The minimum atomic E-state index is 0.216. The van der Waals surface area contributed by atoms with Gasteiger partial charge in [0.25, 0.3) is 0 Å². The zero-order chi connectivity index (χ0) is 15.3. The summed E-state index contributed by atoms with van der Waals surface area (Å²) in [7, 11) is 0. The van der Waals surface area contributed by atoms with Crippen molar-refractivity contribution >= 4 is 22.5 Å². The molecule has 112 valence electrons. The fourth-order valence-corrected chi connectivity index (χ4v) is 3.84. The lowest BCUT2D eigenvalue weighted by Crippen LogP contribution is -2.30. The molecule has 0 bridgehead atoms. The van der Waals surface area contributed by atoms with Crippen LogP contribution in [0.1, 0.15) is 34.0 Å². The Morgan fingerprint density at radius 2 is 1.86 bits per heavy atom. The highest BCUT2D eigenvalue weighted by Gasteiger charge is 2.25. The average Bonchev–Trinajstić information content (AvgIpc) is 2.86. The molecule has 2 nitrogen and oxygen atoms in total. The molecule has 3 aromatic rings. The van der Waals surface area contributed by atoms with Gasteiger partial charge in [-0.3, -0.25) is 0 Å². The van der Waals surface area contributed by atoms with E-state index < -0.39 is 0 Å². The summed E-state index contributed by atoms with van der Waals surface area (Å²) in [5, 5.41) is 5.82. The van der Waals surface area contributed by atoms with Crippen LogP contribution < -0.4 is 5.32 Å². The molecular formula is C19H19ClN2. The Morgan fingerprint density at radius 1 is 1.09 bits per heavy atom. The Labute approximate surface area is 135 Å². The summed E-state index contributed by atoms with van der Waals surface area (Å²) in [6, 6.07) is 12.9. The van der Waals surface area contributed by atoms with E-state index in [0.29, 0.717) is 0 Å². The predicted octanol–water partition coefficient (Wildman–Crippen LogP) is 4.67. The fourth-order valence-electron chi connectivity index (χ4n) is 3.71. The smallest absolute Gasteiger partial charge is 0.0732 e. The van der Waals surface area contributed by atoms with E-state index >= 15 is 0 Å². The van der Waals surface area contributed by atoms with E-state index in [1.807, 2.05) is 12.1 Å². The zero-order valence-electron chi connectivity index (χ0n) is 12.8. The number of aromatic nitrogens is 1. The molecule has 0 aliphatic carbocycles. The van der Waals surface area contributed by atoms with Gasteiger partial charge in [-0.25, -0.2) is 0 Å². The molecule has 1 aliphatic rings. The topological polar surface area (TPSA) is 27.8 Å². The standard InChI is InChI=1S/C19H19ClN2/c1-11-9-12(2)17-15-7-8-21-18(19(15)22-16(17)10-11)13-3-5-14(20)6-4-13/h3-6,9-10,18,21-22H,7-8H2,1-2H3. The summed E-state index contributed by atoms with van der Waals surface area (Å²) in [5.41, 5.74) is 7.95. The summed E-state index contributed by atoms with van der Waals surface area (Å²) < 4.78 is 0. The maximum atomic E-state index is 6.03. The molecule has 1 atom stereocenters. The van der Waals surface area contributed by atoms with Gasteiger partial charge in [-0.1, -0.05) is 29.8 Å². The third kappa shape index (κ3) is 2.15. The normalized spacial score (nSPS) is 17.7. The van der Waals surface area contributed by atoms with Crippen LogP contribution in [0.4, 0.5) is 0 Å². The lowest BCUT2D eigenvalue weighted by Gasteiger charge is -2.25. The van der Waals surface area contributed by atoms with Crippen molar-refractivity contribution in [2.45, 2.75) is 26.3 Å². The predicted molar refractivity (Wildman–Crippen MR) is 92.8 cm³/mol. The Hall–Kier alpha value is -1.77. The number of hydrogen-bond donors (Lipinski definition) is 2. The van der Waals surface area contributed by atoms with Gasteiger partial charge in [-0.2, -0.15) is 0 Å². The maximum Gasteiger partial charge on any atom is 0.0732 e. The summed E-state index contributed by atoms with van der Waals surface area (Å²) in [4.78, 5) is 3.67. The van der Waals surface area contributed by atoms with Gasteiger partial charge in [0, 0.05) is 28.2 Å². The molecule has 0 radical (unpaired) electrons. The number of halogens is 1. The molecule has 2 heterocycles. The number of H-pyrrole nitrogens is 1. The largest absolute Gasteiger partial charge is 0.357 e. The Balaban J connectivity index is 1.91. The molecule has 0 fully saturated rings. The second-order valence-electron chi connectivity index (χ2n) is 6.21. The molecule has 2 aromatic carbocycles. The fraction of sp³-hybridized carbons (Fsp3) is 0.263. The van der Waals surface area contributed by atoms with E-state index in [1.54, 1.807) is 0 Å². The van der Waals surface area contributed by atoms with E-state index in [1.165, 1.54) is 38.9 Å². The third-order valence-corrected chi connectivity index (χ3v) is 4.84. The minimum Gasteiger partial charge on any atom is -0.357 e. The van der Waals surface area contributed by atoms with E-state index in [2.05, 4.69) is 48.4 Å². The Morgan fingerprint density at radius 3 is 2.64 bits per heavy atom. The first-order valence-corrected chi connectivity index (χ1v) is 8.12. The minimum absolute atomic E-state index is 0.216. The van der Waals surface area contributed by atoms with Crippen LogP contribution >= 0.6 is 11.6 Å². The second-order valence-corrected chi connectivity index (χ2v) is 6.65. The van der Waals surface area contributed by atoms with Crippen molar-refractivity contribution in [2.75, 3.05) is 6.54 Å². The van der Waals surface area contributed by atoms with E-state index in [0.717, 1.165) is 18.0 Å². The van der Waals surface area contributed by atoms with Gasteiger partial charge in [0.1, 0.15) is 0 Å². The van der Waals surface area contributed by atoms with Gasteiger partial charge in [0.05, 0.1) is 6.04 Å². The number of rotatable bonds is 1. The van der Waals surface area contributed by atoms with Gasteiger partial charge in [-0.15, -0.1) is 0 Å². The lowest BCUT2D eigenvalue weighted by atomic mass is 9.93. The Kier molecular flexibility index (Phi) is 3.24. The van der Waals surface area contributed by atoms with Crippen molar-refractivity contribution in [3.63, 3.8) is 0 Å². The van der Waals surface area contributed by atoms with Crippen LogP contribution in [0.3, 0.4) is 0 Å². The van der Waals surface area contributed by atoms with Gasteiger partial charge < -0.3 is 10.3 Å². The number of fused-ring (bicyclic) bond motifs is 3. The maximum absolute atomic E-state index is 6.03. The highest BCUT2D eigenvalue weighted by molar-refractivity contribution is 6.30. The molecule has 0 saturated carbocycles. The van der Waals surface area contributed by atoms with Crippen LogP contribution in [0.15, 0.2) is 36.4 Å². The first kappa shape index (κ1) is 13.9. The van der Waals surface area contributed by atoms with Crippen LogP contribution in [0, 0.1) is 13.8 Å². The van der Waals surface area contributed by atoms with Crippen molar-refractivity contribution < 1.29 is 0 Å². The van der Waals surface area contributed by atoms with Crippen molar-refractivity contribution in [3.05, 3.63) is 69.4 Å². The molecule has 1 aliphatic heterocycles. The summed E-state index contributed by atoms with van der Waals surface area (Å²) in [6.45, 7) is 5.37. The summed E-state index contributed by atoms with van der Waals surface area (Å²) in [5.74, 6) is 0. The average molecular weight is 311 g/mol. The summed E-state index contributed by atoms with van der Waals surface area (Å²) >= 11 is 6.03. The highest BCUT2D eigenvalue weighted by Crippen LogP contribution is 2.35. The van der Waals surface area contributed by atoms with Gasteiger partial charge >= 0.3 is 0 Å². The number of nitrogens with one attached hydrogen (secondary N) is 2. The van der Waals surface area contributed by atoms with Crippen LogP contribution in [0.25, 0.3) is 10.9 Å². The van der Waals surface area contributed by atoms with Crippen LogP contribution in [0.5, 0.6) is 0 Å². The highest BCUT2D eigenvalue weighted by atomic mass is 35.5. The first-order valence-electron chi connectivity index (χ1n) is 7.74. The molecule has 4 rings (SSSR count). The molecule has 1 aromatic heterocycles.